The standard InChI is InChI=1S/C19H19IN4O2S/c1-12-21-15(13-8-4-2-5-9-13)16-17(22-12)18(19(23-16)24-20)27(25,26)14-10-6-3-7-11-14/h3,6-8,10-11,23-24H,2,4-5,9H2,1H3. The Labute approximate surface area is 171 Å². The number of benzene rings is 1. The average Bonchev–Trinajstić information content (AvgIpc) is 3.08. The lowest BCUT2D eigenvalue weighted by Gasteiger charge is -2.13. The van der Waals surface area contributed by atoms with Crippen LogP contribution < -0.4 is 3.53 Å². The smallest absolute Gasteiger partial charge is 0.212 e. The Hall–Kier alpha value is -1.94. The summed E-state index contributed by atoms with van der Waals surface area (Å²) in [6, 6.07) is 8.44. The Kier molecular flexibility index (Phi) is 4.94. The molecule has 140 valence electrons. The van der Waals surface area contributed by atoms with Gasteiger partial charge in [0.2, 0.25) is 9.84 Å². The molecule has 1 aromatic carbocycles. The zero-order valence-corrected chi connectivity index (χ0v) is 17.8. The normalized spacial score (nSPS) is 15.0. The van der Waals surface area contributed by atoms with Crippen LogP contribution >= 0.6 is 22.9 Å². The number of hydrogen-bond acceptors (Lipinski definition) is 5. The number of sulfone groups is 1. The third-order valence-corrected chi connectivity index (χ3v) is 7.09. The molecule has 0 bridgehead atoms. The van der Waals surface area contributed by atoms with Crippen LogP contribution in [0.5, 0.6) is 0 Å². The van der Waals surface area contributed by atoms with Crippen molar-refractivity contribution >= 4 is 55.1 Å². The van der Waals surface area contributed by atoms with Crippen LogP contribution in [0.3, 0.4) is 0 Å². The van der Waals surface area contributed by atoms with Crippen LogP contribution in [0, 0.1) is 6.92 Å². The van der Waals surface area contributed by atoms with Crippen molar-refractivity contribution < 1.29 is 8.42 Å². The van der Waals surface area contributed by atoms with Crippen LogP contribution in [0.2, 0.25) is 0 Å². The minimum absolute atomic E-state index is 0.168. The fourth-order valence-electron chi connectivity index (χ4n) is 3.49. The highest BCUT2D eigenvalue weighted by Gasteiger charge is 2.29. The summed E-state index contributed by atoms with van der Waals surface area (Å²) in [6.07, 6.45) is 6.46. The van der Waals surface area contributed by atoms with Gasteiger partial charge in [-0.1, -0.05) is 24.3 Å². The first-order valence-electron chi connectivity index (χ1n) is 8.79. The molecule has 2 N–H and O–H groups in total. The van der Waals surface area contributed by atoms with Gasteiger partial charge in [-0.2, -0.15) is 0 Å². The van der Waals surface area contributed by atoms with Crippen LogP contribution in [-0.2, 0) is 9.84 Å². The van der Waals surface area contributed by atoms with Crippen molar-refractivity contribution in [1.29, 1.82) is 0 Å². The molecule has 0 amide bonds. The first kappa shape index (κ1) is 18.4. The van der Waals surface area contributed by atoms with E-state index < -0.39 is 9.84 Å². The van der Waals surface area contributed by atoms with Gasteiger partial charge in [0.1, 0.15) is 22.1 Å². The zero-order chi connectivity index (χ0) is 19.0. The van der Waals surface area contributed by atoms with Gasteiger partial charge in [0.05, 0.1) is 39.0 Å². The minimum atomic E-state index is -3.74. The molecule has 0 spiro atoms. The quantitative estimate of drug-likeness (QED) is 0.401. The van der Waals surface area contributed by atoms with Crippen molar-refractivity contribution in [3.05, 3.63) is 47.9 Å². The highest BCUT2D eigenvalue weighted by molar-refractivity contribution is 14.1. The highest BCUT2D eigenvalue weighted by atomic mass is 127. The molecular formula is C19H19IN4O2S. The largest absolute Gasteiger partial charge is 0.337 e. The number of nitrogens with one attached hydrogen (secondary N) is 2. The van der Waals surface area contributed by atoms with Crippen LogP contribution in [0.4, 0.5) is 5.82 Å². The summed E-state index contributed by atoms with van der Waals surface area (Å²) in [5.74, 6) is 0.986. The fraction of sp³-hybridized carbons (Fsp3) is 0.263. The Balaban J connectivity index is 2.02. The first-order valence-corrected chi connectivity index (χ1v) is 11.3. The van der Waals surface area contributed by atoms with Gasteiger partial charge in [0, 0.05) is 0 Å². The topological polar surface area (TPSA) is 87.7 Å². The summed E-state index contributed by atoms with van der Waals surface area (Å²) < 4.78 is 29.7. The van der Waals surface area contributed by atoms with Crippen molar-refractivity contribution in [2.45, 2.75) is 42.4 Å². The molecule has 0 saturated carbocycles. The number of anilines is 1. The second-order valence-corrected chi connectivity index (χ2v) is 8.98. The lowest BCUT2D eigenvalue weighted by molar-refractivity contribution is 0.597. The number of aromatic amines is 1. The van der Waals surface area contributed by atoms with Gasteiger partial charge in [-0.3, -0.25) is 0 Å². The first-order chi connectivity index (χ1) is 13.0. The maximum Gasteiger partial charge on any atom is 0.212 e. The monoisotopic (exact) mass is 494 g/mol. The molecule has 6 nitrogen and oxygen atoms in total. The number of halogens is 1. The minimum Gasteiger partial charge on any atom is -0.337 e. The molecule has 8 heteroatoms. The Morgan fingerprint density at radius 2 is 1.93 bits per heavy atom. The van der Waals surface area contributed by atoms with Crippen molar-refractivity contribution in [2.75, 3.05) is 3.53 Å². The molecule has 0 unspecified atom stereocenters. The van der Waals surface area contributed by atoms with E-state index in [4.69, 9.17) is 0 Å². The lowest BCUT2D eigenvalue weighted by Crippen LogP contribution is -2.05. The second-order valence-electron chi connectivity index (χ2n) is 6.56. The lowest BCUT2D eigenvalue weighted by atomic mass is 9.96. The average molecular weight is 494 g/mol. The number of hydrogen-bond donors (Lipinski definition) is 2. The van der Waals surface area contributed by atoms with E-state index in [-0.39, 0.29) is 9.79 Å². The summed E-state index contributed by atoms with van der Waals surface area (Å²) in [7, 11) is -3.74. The Morgan fingerprint density at radius 3 is 2.59 bits per heavy atom. The van der Waals surface area contributed by atoms with Gasteiger partial charge in [-0.25, -0.2) is 18.4 Å². The zero-order valence-electron chi connectivity index (χ0n) is 14.8. The number of allylic oxidation sites excluding steroid dienone is 2. The van der Waals surface area contributed by atoms with Gasteiger partial charge >= 0.3 is 0 Å². The van der Waals surface area contributed by atoms with Crippen molar-refractivity contribution in [3.8, 4) is 0 Å². The molecule has 27 heavy (non-hydrogen) atoms. The molecule has 0 atom stereocenters. The Morgan fingerprint density at radius 1 is 1.15 bits per heavy atom. The molecule has 1 aliphatic rings. The van der Waals surface area contributed by atoms with Crippen LogP contribution in [0.1, 0.15) is 37.2 Å². The van der Waals surface area contributed by atoms with E-state index in [0.717, 1.165) is 30.5 Å². The fourth-order valence-corrected chi connectivity index (χ4v) is 5.60. The number of H-pyrrole nitrogens is 1. The molecule has 2 heterocycles. The SMILES string of the molecule is Cc1nc(C2=CCCCC2)c2[nH]c(NI)c(S(=O)(=O)c3ccccc3)c2n1. The van der Waals surface area contributed by atoms with E-state index >= 15 is 0 Å². The van der Waals surface area contributed by atoms with E-state index in [0.29, 0.717) is 22.7 Å². The van der Waals surface area contributed by atoms with E-state index in [1.54, 1.807) is 37.3 Å². The third-order valence-electron chi connectivity index (χ3n) is 4.72. The van der Waals surface area contributed by atoms with Crippen LogP contribution in [-0.4, -0.2) is 23.4 Å². The predicted octanol–water partition coefficient (Wildman–Crippen LogP) is 4.82. The second kappa shape index (κ2) is 7.23. The van der Waals surface area contributed by atoms with Crippen LogP contribution in [0.15, 0.2) is 46.2 Å². The Bertz CT molecular complexity index is 1140. The van der Waals surface area contributed by atoms with Crippen molar-refractivity contribution in [2.24, 2.45) is 0 Å². The van der Waals surface area contributed by atoms with Gasteiger partial charge in [-0.15, -0.1) is 0 Å². The predicted molar refractivity (Wildman–Crippen MR) is 115 cm³/mol. The van der Waals surface area contributed by atoms with Crippen LogP contribution in [0.25, 0.3) is 16.6 Å². The molecule has 1 aliphatic carbocycles. The number of fused-ring (bicyclic) bond motifs is 1. The molecular weight excluding hydrogens is 475 g/mol. The van der Waals surface area contributed by atoms with E-state index in [2.05, 4.69) is 24.6 Å². The summed E-state index contributed by atoms with van der Waals surface area (Å²) in [4.78, 5) is 12.8. The highest BCUT2D eigenvalue weighted by Crippen LogP contribution is 2.38. The summed E-state index contributed by atoms with van der Waals surface area (Å²) in [5, 5.41) is 0. The molecule has 0 saturated heterocycles. The van der Waals surface area contributed by atoms with E-state index in [9.17, 15) is 8.42 Å². The van der Waals surface area contributed by atoms with Gasteiger partial charge in [0.15, 0.2) is 0 Å². The third kappa shape index (κ3) is 3.25. The van der Waals surface area contributed by atoms with Crippen molar-refractivity contribution in [3.63, 3.8) is 0 Å². The molecule has 0 aliphatic heterocycles. The maximum atomic E-state index is 13.3. The number of aromatic nitrogens is 3. The summed E-state index contributed by atoms with van der Waals surface area (Å²) in [5.41, 5.74) is 3.07. The summed E-state index contributed by atoms with van der Waals surface area (Å²) >= 11 is 1.94. The maximum absolute atomic E-state index is 13.3. The number of nitrogens with zero attached hydrogens (tertiary/aromatic N) is 2. The van der Waals surface area contributed by atoms with E-state index in [1.165, 1.54) is 6.42 Å². The van der Waals surface area contributed by atoms with E-state index in [1.807, 2.05) is 22.9 Å². The molecule has 2 aromatic heterocycles. The number of rotatable bonds is 4. The molecule has 0 fully saturated rings. The van der Waals surface area contributed by atoms with Gasteiger partial charge in [-0.05, 0) is 50.3 Å². The molecule has 3 aromatic rings. The molecule has 4 rings (SSSR count). The summed E-state index contributed by atoms with van der Waals surface area (Å²) in [6.45, 7) is 1.80. The number of aryl methyl sites for hydroxylation is 1. The molecule has 0 radical (unpaired) electrons. The van der Waals surface area contributed by atoms with Gasteiger partial charge < -0.3 is 8.51 Å². The van der Waals surface area contributed by atoms with Crippen molar-refractivity contribution in [1.82, 2.24) is 15.0 Å². The van der Waals surface area contributed by atoms with Gasteiger partial charge in [0.25, 0.3) is 0 Å².